The van der Waals surface area contributed by atoms with Crippen molar-refractivity contribution in [3.63, 3.8) is 0 Å². The normalized spacial score (nSPS) is 16.6. The fraction of sp³-hybridized carbons (Fsp3) is 0.564. The quantitative estimate of drug-likeness (QED) is 0.102. The Balaban J connectivity index is 0.000000325. The number of hydrogen-bond donors (Lipinski definition) is 2. The third kappa shape index (κ3) is 17.0. The molecule has 0 amide bonds. The van der Waals surface area contributed by atoms with Crippen molar-refractivity contribution >= 4 is 0 Å². The third-order valence-corrected chi connectivity index (χ3v) is 12.6. The maximum absolute atomic E-state index is 6.43. The van der Waals surface area contributed by atoms with Crippen molar-refractivity contribution in [2.24, 2.45) is 11.8 Å². The predicted octanol–water partition coefficient (Wildman–Crippen LogP) is 15.2. The molecule has 4 rings (SSSR count). The predicted molar refractivity (Wildman–Crippen MR) is 261 cm³/mol. The smallest absolute Gasteiger partial charge is 0.153 e. The molecule has 2 aliphatic heterocycles. The molecular formula is C55H84N2O4. The molecule has 2 heterocycles. The molecule has 2 aromatic carbocycles. The van der Waals surface area contributed by atoms with E-state index in [4.69, 9.17) is 30.9 Å². The number of nitrogens with two attached hydrogens (primary N) is 2. The van der Waals surface area contributed by atoms with Gasteiger partial charge in [0, 0.05) is 27.8 Å². The van der Waals surface area contributed by atoms with Crippen LogP contribution >= 0.6 is 0 Å². The van der Waals surface area contributed by atoms with Crippen molar-refractivity contribution in [3.8, 4) is 23.0 Å². The van der Waals surface area contributed by atoms with Crippen LogP contribution in [0.4, 0.5) is 0 Å². The molecule has 6 nitrogen and oxygen atoms in total. The first kappa shape index (κ1) is 51.4. The summed E-state index contributed by atoms with van der Waals surface area (Å²) in [6.45, 7) is 28.1. The zero-order chi connectivity index (χ0) is 45.1. The Labute approximate surface area is 372 Å². The van der Waals surface area contributed by atoms with Gasteiger partial charge in [0.2, 0.25) is 0 Å². The number of aryl methyl sites for hydroxylation is 1. The Hall–Kier alpha value is -4.00. The summed E-state index contributed by atoms with van der Waals surface area (Å²) in [5, 5.41) is 0. The molecule has 4 N–H and O–H groups in total. The highest BCUT2D eigenvalue weighted by molar-refractivity contribution is 5.58. The van der Waals surface area contributed by atoms with Gasteiger partial charge in [0.1, 0.15) is 11.5 Å². The first-order valence-electron chi connectivity index (χ1n) is 23.3. The van der Waals surface area contributed by atoms with E-state index in [1.807, 2.05) is 6.07 Å². The highest BCUT2D eigenvalue weighted by Gasteiger charge is 2.27. The second-order valence-electron chi connectivity index (χ2n) is 18.5. The summed E-state index contributed by atoms with van der Waals surface area (Å²) in [5.74, 6) is 14.6. The Morgan fingerprint density at radius 3 is 1.36 bits per heavy atom. The molecule has 0 saturated heterocycles. The van der Waals surface area contributed by atoms with Gasteiger partial charge >= 0.3 is 0 Å². The van der Waals surface area contributed by atoms with Crippen molar-refractivity contribution in [2.45, 2.75) is 205 Å². The number of ether oxygens (including phenoxy) is 2. The van der Waals surface area contributed by atoms with Gasteiger partial charge in [-0.05, 0) is 210 Å². The molecule has 2 atom stereocenters. The summed E-state index contributed by atoms with van der Waals surface area (Å²) < 4.78 is 12.8. The minimum absolute atomic E-state index is 0.288. The maximum atomic E-state index is 6.43. The maximum Gasteiger partial charge on any atom is 0.153 e. The Bertz CT molecular complexity index is 1920. The van der Waals surface area contributed by atoms with Crippen molar-refractivity contribution in [1.82, 2.24) is 0 Å². The topological polar surface area (TPSA) is 89.0 Å². The van der Waals surface area contributed by atoms with Gasteiger partial charge in [-0.2, -0.15) is 11.8 Å². The van der Waals surface area contributed by atoms with Crippen LogP contribution in [0.3, 0.4) is 0 Å². The molecule has 2 unspecified atom stereocenters. The molecule has 0 spiro atoms. The van der Waals surface area contributed by atoms with Crippen molar-refractivity contribution in [3.05, 3.63) is 115 Å². The van der Waals surface area contributed by atoms with Crippen LogP contribution in [0, 0.1) is 34.6 Å². The van der Waals surface area contributed by atoms with Crippen molar-refractivity contribution in [2.75, 3.05) is 0 Å². The van der Waals surface area contributed by atoms with E-state index >= 15 is 0 Å². The fourth-order valence-corrected chi connectivity index (χ4v) is 8.49. The zero-order valence-corrected chi connectivity index (χ0v) is 40.8. The van der Waals surface area contributed by atoms with E-state index in [9.17, 15) is 0 Å². The van der Waals surface area contributed by atoms with E-state index in [0.717, 1.165) is 141 Å². The molecular weight excluding hydrogens is 753 g/mol. The summed E-state index contributed by atoms with van der Waals surface area (Å²) in [5.41, 5.74) is 16.9. The number of hydrogen-bond acceptors (Lipinski definition) is 6. The van der Waals surface area contributed by atoms with E-state index in [1.54, 1.807) is 0 Å². The first-order chi connectivity index (χ1) is 29.1. The summed E-state index contributed by atoms with van der Waals surface area (Å²) in [6, 6.07) is 1.98. The largest absolute Gasteiger partial charge is 0.490 e. The average Bonchev–Trinajstić information content (AvgIpc) is 3.21. The van der Waals surface area contributed by atoms with Crippen LogP contribution in [0.1, 0.15) is 184 Å². The Morgan fingerprint density at radius 2 is 0.934 bits per heavy atom. The molecule has 61 heavy (non-hydrogen) atoms. The summed E-state index contributed by atoms with van der Waals surface area (Å²) >= 11 is 0. The van der Waals surface area contributed by atoms with Gasteiger partial charge in [0.05, 0.1) is 12.2 Å². The Morgan fingerprint density at radius 1 is 0.525 bits per heavy atom. The van der Waals surface area contributed by atoms with Crippen LogP contribution in [0.25, 0.3) is 0 Å². The van der Waals surface area contributed by atoms with Gasteiger partial charge in [0.25, 0.3) is 0 Å². The second-order valence-corrected chi connectivity index (χ2v) is 18.5. The lowest BCUT2D eigenvalue weighted by molar-refractivity contribution is 0.162. The van der Waals surface area contributed by atoms with Crippen LogP contribution in [0.2, 0.25) is 0 Å². The monoisotopic (exact) mass is 837 g/mol. The second kappa shape index (κ2) is 26.5. The summed E-state index contributed by atoms with van der Waals surface area (Å²) in [6.07, 6.45) is 32.5. The minimum Gasteiger partial charge on any atom is -0.490 e. The summed E-state index contributed by atoms with van der Waals surface area (Å²) in [7, 11) is 0. The van der Waals surface area contributed by atoms with Crippen LogP contribution in [-0.2, 0) is 12.8 Å². The molecule has 0 radical (unpaired) electrons. The minimum atomic E-state index is 0.288. The van der Waals surface area contributed by atoms with Crippen LogP contribution in [-0.4, -0.2) is 12.2 Å². The molecule has 0 saturated carbocycles. The van der Waals surface area contributed by atoms with Gasteiger partial charge in [-0.1, -0.05) is 69.9 Å². The van der Waals surface area contributed by atoms with Crippen LogP contribution in [0.5, 0.6) is 23.0 Å². The molecule has 0 aromatic heterocycles. The van der Waals surface area contributed by atoms with Gasteiger partial charge in [-0.25, -0.2) is 0 Å². The van der Waals surface area contributed by atoms with Gasteiger partial charge < -0.3 is 19.1 Å². The molecule has 0 fully saturated rings. The fourth-order valence-electron chi connectivity index (χ4n) is 8.49. The standard InChI is InChI=1S/C28H43NO2.C27H41NO2/c1-19(2)11-8-12-20(3)13-9-14-21(4)15-10-16-25-17-18-26-24(7)27(31-29)22(5)23(6)28(26)30-25;1-19(2)10-7-11-20(3)12-8-13-21(4)14-9-15-24-16-17-25-23(6)26(30-28)18-22(5)27(25)29-24/h11,13,15,25H,8-10,12,14,16-18,29H2,1-7H3;10,12,14,18,24H,7-9,11,13,15-17,28H2,1-6H3/b20-13+,21-15+;20-12+,21-14+. The van der Waals surface area contributed by atoms with Crippen LogP contribution in [0.15, 0.2) is 76.0 Å². The Kier molecular flexibility index (Phi) is 22.3. The van der Waals surface area contributed by atoms with Gasteiger partial charge in [-0.15, -0.1) is 0 Å². The van der Waals surface area contributed by atoms with E-state index < -0.39 is 0 Å². The molecule has 2 aliphatic rings. The van der Waals surface area contributed by atoms with E-state index in [2.05, 4.69) is 126 Å². The highest BCUT2D eigenvalue weighted by atomic mass is 16.6. The molecule has 0 bridgehead atoms. The van der Waals surface area contributed by atoms with Gasteiger partial charge in [0.15, 0.2) is 11.5 Å². The van der Waals surface area contributed by atoms with E-state index in [-0.39, 0.29) is 6.10 Å². The number of allylic oxidation sites excluding steroid dienone is 12. The molecule has 6 heteroatoms. The summed E-state index contributed by atoms with van der Waals surface area (Å²) in [4.78, 5) is 10.2. The third-order valence-electron chi connectivity index (χ3n) is 12.6. The van der Waals surface area contributed by atoms with Crippen LogP contribution < -0.4 is 30.9 Å². The number of rotatable bonds is 20. The lowest BCUT2D eigenvalue weighted by atomic mass is 9.90. The lowest BCUT2D eigenvalue weighted by Crippen LogP contribution is -2.24. The van der Waals surface area contributed by atoms with E-state index in [1.165, 1.54) is 57.4 Å². The van der Waals surface area contributed by atoms with E-state index in [0.29, 0.717) is 6.10 Å². The van der Waals surface area contributed by atoms with Crippen molar-refractivity contribution < 1.29 is 19.1 Å². The highest BCUT2D eigenvalue weighted by Crippen LogP contribution is 2.42. The number of benzene rings is 2. The van der Waals surface area contributed by atoms with Crippen molar-refractivity contribution in [1.29, 1.82) is 0 Å². The average molecular weight is 837 g/mol. The SMILES string of the molecule is CC(C)=CCC/C(C)=C/CC/C(C)=C/CCC1CCc2c(C)c(ON)c(C)c(C)c2O1.CC(C)=CCC/C(C)=C/CC/C(C)=C/CCC1CCc2c(C)c(ON)cc(C)c2O1. The molecule has 2 aromatic rings. The first-order valence-corrected chi connectivity index (χ1v) is 23.3. The number of fused-ring (bicyclic) bond motifs is 2. The zero-order valence-electron chi connectivity index (χ0n) is 40.8. The molecule has 338 valence electrons. The molecule has 0 aliphatic carbocycles. The lowest BCUT2D eigenvalue weighted by Gasteiger charge is -2.30. The van der Waals surface area contributed by atoms with Gasteiger partial charge in [-0.3, -0.25) is 0 Å².